The Morgan fingerprint density at radius 1 is 1.16 bits per heavy atom. The molecule has 0 aromatic rings. The average molecular weight is 346 g/mol. The van der Waals surface area contributed by atoms with E-state index in [2.05, 4.69) is 6.92 Å². The van der Waals surface area contributed by atoms with Crippen molar-refractivity contribution in [3.63, 3.8) is 0 Å². The van der Waals surface area contributed by atoms with E-state index in [0.29, 0.717) is 24.7 Å². The molecule has 2 N–H and O–H groups in total. The van der Waals surface area contributed by atoms with E-state index in [1.54, 1.807) is 0 Å². The van der Waals surface area contributed by atoms with Gasteiger partial charge in [-0.05, 0) is 74.7 Å². The van der Waals surface area contributed by atoms with Gasteiger partial charge in [-0.1, -0.05) is 19.4 Å². The third kappa shape index (κ3) is 2.01. The van der Waals surface area contributed by atoms with Gasteiger partial charge in [-0.25, -0.2) is 0 Å². The van der Waals surface area contributed by atoms with E-state index in [4.69, 9.17) is 0 Å². The number of aliphatic hydroxyl groups excluding tert-OH is 1. The lowest BCUT2D eigenvalue weighted by Crippen LogP contribution is -2.59. The molecule has 0 unspecified atom stereocenters. The maximum atomic E-state index is 12.3. The van der Waals surface area contributed by atoms with E-state index in [1.807, 2.05) is 13.0 Å². The molecule has 0 aromatic carbocycles. The van der Waals surface area contributed by atoms with Crippen LogP contribution in [0, 0.1) is 28.6 Å². The highest BCUT2D eigenvalue weighted by Gasteiger charge is 2.69. The van der Waals surface area contributed by atoms with Crippen LogP contribution in [0.25, 0.3) is 0 Å². The quantitative estimate of drug-likeness (QED) is 0.766. The number of hydrogen-bond donors (Lipinski definition) is 2. The first kappa shape index (κ1) is 17.4. The van der Waals surface area contributed by atoms with Crippen molar-refractivity contribution in [2.45, 2.75) is 77.4 Å². The van der Waals surface area contributed by atoms with Crippen LogP contribution in [-0.2, 0) is 9.59 Å². The molecule has 4 aliphatic rings. The van der Waals surface area contributed by atoms with Crippen LogP contribution in [-0.4, -0.2) is 33.5 Å². The van der Waals surface area contributed by atoms with Gasteiger partial charge in [0.15, 0.2) is 17.2 Å². The van der Waals surface area contributed by atoms with Crippen LogP contribution in [0.15, 0.2) is 11.6 Å². The van der Waals surface area contributed by atoms with E-state index in [9.17, 15) is 19.8 Å². The molecule has 0 bridgehead atoms. The minimum absolute atomic E-state index is 0.0695. The van der Waals surface area contributed by atoms with Gasteiger partial charge >= 0.3 is 0 Å². The van der Waals surface area contributed by atoms with E-state index in [0.717, 1.165) is 32.1 Å². The van der Waals surface area contributed by atoms with E-state index < -0.39 is 17.1 Å². The molecular formula is C21H30O4. The minimum Gasteiger partial charge on any atom is -0.390 e. The molecule has 4 aliphatic carbocycles. The smallest absolute Gasteiger partial charge is 0.164 e. The summed E-state index contributed by atoms with van der Waals surface area (Å²) < 4.78 is 0. The summed E-state index contributed by atoms with van der Waals surface area (Å²) in [5, 5.41) is 21.8. The Morgan fingerprint density at radius 3 is 2.56 bits per heavy atom. The summed E-state index contributed by atoms with van der Waals surface area (Å²) in [6, 6.07) is 0. The van der Waals surface area contributed by atoms with Crippen molar-refractivity contribution in [2.24, 2.45) is 28.6 Å². The Labute approximate surface area is 149 Å². The number of carbonyl (C=O) groups is 2. The molecule has 0 heterocycles. The molecule has 0 saturated heterocycles. The zero-order valence-corrected chi connectivity index (χ0v) is 15.5. The molecule has 3 fully saturated rings. The van der Waals surface area contributed by atoms with Crippen molar-refractivity contribution in [1.29, 1.82) is 0 Å². The molecule has 7 atom stereocenters. The second-order valence-electron chi connectivity index (χ2n) is 9.50. The van der Waals surface area contributed by atoms with Crippen LogP contribution in [0.1, 0.15) is 65.7 Å². The highest BCUT2D eigenvalue weighted by molar-refractivity contribution is 5.91. The minimum atomic E-state index is -1.61. The number of hydrogen-bond acceptors (Lipinski definition) is 4. The van der Waals surface area contributed by atoms with Gasteiger partial charge in [0.05, 0.1) is 6.10 Å². The normalized spacial score (nSPS) is 52.0. The summed E-state index contributed by atoms with van der Waals surface area (Å²) in [7, 11) is 0. The van der Waals surface area contributed by atoms with Crippen LogP contribution in [0.5, 0.6) is 0 Å². The number of allylic oxidation sites excluding steroid dienone is 1. The lowest BCUT2D eigenvalue weighted by Gasteiger charge is -2.58. The fourth-order valence-corrected chi connectivity index (χ4v) is 7.22. The molecule has 25 heavy (non-hydrogen) atoms. The van der Waals surface area contributed by atoms with Crippen molar-refractivity contribution in [3.05, 3.63) is 11.6 Å². The zero-order valence-electron chi connectivity index (χ0n) is 15.5. The van der Waals surface area contributed by atoms with Crippen molar-refractivity contribution < 1.29 is 19.8 Å². The number of fused-ring (bicyclic) bond motifs is 5. The monoisotopic (exact) mass is 346 g/mol. The SMILES string of the molecule is CC(=O)[C@@]1(O)[C@H](O)C[C@@H]2[C@@H]3CCC4=CC(=O)CC[C@]4(C)[C@H]3CC[C@@]21C. The number of rotatable bonds is 1. The molecule has 0 spiro atoms. The molecule has 0 radical (unpaired) electrons. The summed E-state index contributed by atoms with van der Waals surface area (Å²) in [4.78, 5) is 24.1. The van der Waals surface area contributed by atoms with Gasteiger partial charge < -0.3 is 10.2 Å². The van der Waals surface area contributed by atoms with Gasteiger partial charge in [0.25, 0.3) is 0 Å². The standard InChI is InChI=1S/C21H30O4/c1-12(22)21(25)18(24)11-17-15-5-4-13-10-14(23)6-8-19(13,2)16(15)7-9-20(17,21)3/h10,15-18,24-25H,4-9,11H2,1-3H3/t15-,16+,17-,18-,19+,20+,21-/m1/s1. The molecule has 0 amide bonds. The Bertz CT molecular complexity index is 667. The second kappa shape index (κ2) is 5.26. The first-order valence-electron chi connectivity index (χ1n) is 9.80. The lowest BCUT2D eigenvalue weighted by atomic mass is 9.46. The number of Topliss-reactive ketones (excluding diaryl/α,β-unsaturated/α-hetero) is 1. The highest BCUT2D eigenvalue weighted by atomic mass is 16.4. The third-order valence-electron chi connectivity index (χ3n) is 8.72. The molecular weight excluding hydrogens is 316 g/mol. The van der Waals surface area contributed by atoms with Crippen molar-refractivity contribution >= 4 is 11.6 Å². The molecule has 4 nitrogen and oxygen atoms in total. The van der Waals surface area contributed by atoms with Gasteiger partial charge in [0, 0.05) is 11.8 Å². The second-order valence-corrected chi connectivity index (χ2v) is 9.50. The van der Waals surface area contributed by atoms with Crippen LogP contribution >= 0.6 is 0 Å². The summed E-state index contributed by atoms with van der Waals surface area (Å²) >= 11 is 0. The maximum absolute atomic E-state index is 12.3. The van der Waals surface area contributed by atoms with Crippen LogP contribution in [0.3, 0.4) is 0 Å². The predicted molar refractivity (Wildman–Crippen MR) is 93.7 cm³/mol. The topological polar surface area (TPSA) is 74.6 Å². The maximum Gasteiger partial charge on any atom is 0.164 e. The first-order chi connectivity index (χ1) is 11.6. The number of ketones is 2. The van der Waals surface area contributed by atoms with Crippen molar-refractivity contribution in [2.75, 3.05) is 0 Å². The van der Waals surface area contributed by atoms with Gasteiger partial charge in [0.1, 0.15) is 0 Å². The van der Waals surface area contributed by atoms with Crippen LogP contribution in [0.4, 0.5) is 0 Å². The Hall–Kier alpha value is -1.00. The predicted octanol–water partition coefficient (Wildman–Crippen LogP) is 2.81. The molecule has 138 valence electrons. The van der Waals surface area contributed by atoms with Gasteiger partial charge in [0.2, 0.25) is 0 Å². The highest BCUT2D eigenvalue weighted by Crippen LogP contribution is 2.67. The van der Waals surface area contributed by atoms with Gasteiger partial charge in [-0.15, -0.1) is 0 Å². The molecule has 3 saturated carbocycles. The zero-order chi connectivity index (χ0) is 18.2. The summed E-state index contributed by atoms with van der Waals surface area (Å²) in [5.74, 6) is 1.03. The Morgan fingerprint density at radius 2 is 1.88 bits per heavy atom. The summed E-state index contributed by atoms with van der Waals surface area (Å²) in [5.41, 5.74) is -0.766. The summed E-state index contributed by atoms with van der Waals surface area (Å²) in [6.45, 7) is 5.75. The molecule has 0 aromatic heterocycles. The first-order valence-corrected chi connectivity index (χ1v) is 9.80. The van der Waals surface area contributed by atoms with Gasteiger partial charge in [-0.3, -0.25) is 9.59 Å². The van der Waals surface area contributed by atoms with Crippen LogP contribution in [0.2, 0.25) is 0 Å². The van der Waals surface area contributed by atoms with Crippen molar-refractivity contribution in [1.82, 2.24) is 0 Å². The number of carbonyl (C=O) groups excluding carboxylic acids is 2. The molecule has 0 aliphatic heterocycles. The Balaban J connectivity index is 1.72. The fraction of sp³-hybridized carbons (Fsp3) is 0.810. The largest absolute Gasteiger partial charge is 0.390 e. The number of aliphatic hydroxyl groups is 2. The van der Waals surface area contributed by atoms with E-state index in [1.165, 1.54) is 12.5 Å². The van der Waals surface area contributed by atoms with Crippen LogP contribution < -0.4 is 0 Å². The van der Waals surface area contributed by atoms with Gasteiger partial charge in [-0.2, -0.15) is 0 Å². The lowest BCUT2D eigenvalue weighted by molar-refractivity contribution is -0.173. The average Bonchev–Trinajstić information content (AvgIpc) is 2.77. The summed E-state index contributed by atoms with van der Waals surface area (Å²) in [6.07, 6.45) is 6.66. The van der Waals surface area contributed by atoms with Crippen molar-refractivity contribution in [3.8, 4) is 0 Å². The molecule has 4 rings (SSSR count). The Kier molecular flexibility index (Phi) is 3.66. The third-order valence-corrected chi connectivity index (χ3v) is 8.72. The fourth-order valence-electron chi connectivity index (χ4n) is 7.22. The molecule has 4 heteroatoms. The van der Waals surface area contributed by atoms with E-state index in [-0.39, 0.29) is 22.9 Å². The van der Waals surface area contributed by atoms with E-state index >= 15 is 0 Å².